The van der Waals surface area contributed by atoms with E-state index in [-0.39, 0.29) is 24.3 Å². The fourth-order valence-electron chi connectivity index (χ4n) is 3.47. The molecule has 162 valence electrons. The van der Waals surface area contributed by atoms with Crippen LogP contribution < -0.4 is 15.1 Å². The number of carbonyl (C=O) groups excluding carboxylic acids is 4. The molecule has 0 fully saturated rings. The van der Waals surface area contributed by atoms with Crippen molar-refractivity contribution in [3.63, 3.8) is 0 Å². The van der Waals surface area contributed by atoms with Crippen molar-refractivity contribution >= 4 is 40.8 Å². The molecule has 31 heavy (non-hydrogen) atoms. The summed E-state index contributed by atoms with van der Waals surface area (Å²) in [5.74, 6) is -1.48. The van der Waals surface area contributed by atoms with Crippen molar-refractivity contribution in [1.82, 2.24) is 0 Å². The van der Waals surface area contributed by atoms with Gasteiger partial charge in [-0.15, -0.1) is 0 Å². The fraction of sp³-hybridized carbons (Fsp3) is 0.304. The number of anilines is 3. The second kappa shape index (κ2) is 8.22. The van der Waals surface area contributed by atoms with E-state index in [1.807, 2.05) is 0 Å². The summed E-state index contributed by atoms with van der Waals surface area (Å²) in [7, 11) is 3.20. The SMILES string of the molecule is CCOC(=O)c1ccc(NC(=O)c2ccc3c(c2)N(C)C(=O)C(C)(C)C(=O)N3C)cc1. The molecular formula is C23H25N3O5. The Kier molecular flexibility index (Phi) is 5.83. The number of amides is 3. The summed E-state index contributed by atoms with van der Waals surface area (Å²) in [6, 6.07) is 11.2. The predicted molar refractivity (Wildman–Crippen MR) is 117 cm³/mol. The normalized spacial score (nSPS) is 15.3. The lowest BCUT2D eigenvalue weighted by molar-refractivity contribution is -0.137. The van der Waals surface area contributed by atoms with E-state index in [2.05, 4.69) is 5.32 Å². The Bertz CT molecular complexity index is 1060. The van der Waals surface area contributed by atoms with E-state index in [4.69, 9.17) is 4.74 Å². The van der Waals surface area contributed by atoms with Crippen LogP contribution in [0.25, 0.3) is 0 Å². The van der Waals surface area contributed by atoms with Gasteiger partial charge in [0.2, 0.25) is 11.8 Å². The summed E-state index contributed by atoms with van der Waals surface area (Å²) in [5.41, 5.74) is 1.02. The largest absolute Gasteiger partial charge is 0.462 e. The molecular weight excluding hydrogens is 398 g/mol. The third-order valence-corrected chi connectivity index (χ3v) is 5.29. The van der Waals surface area contributed by atoms with Gasteiger partial charge in [0, 0.05) is 25.3 Å². The Morgan fingerprint density at radius 1 is 0.903 bits per heavy atom. The van der Waals surface area contributed by atoms with Crippen molar-refractivity contribution in [2.24, 2.45) is 5.41 Å². The first-order valence-corrected chi connectivity index (χ1v) is 9.86. The van der Waals surface area contributed by atoms with Crippen LogP contribution in [-0.2, 0) is 14.3 Å². The highest BCUT2D eigenvalue weighted by molar-refractivity contribution is 6.20. The van der Waals surface area contributed by atoms with Crippen molar-refractivity contribution in [3.8, 4) is 0 Å². The first-order chi connectivity index (χ1) is 14.6. The van der Waals surface area contributed by atoms with E-state index in [9.17, 15) is 19.2 Å². The molecule has 0 atom stereocenters. The summed E-state index contributed by atoms with van der Waals surface area (Å²) in [4.78, 5) is 52.9. The summed E-state index contributed by atoms with van der Waals surface area (Å²) in [5, 5.41) is 2.77. The maximum atomic E-state index is 12.8. The summed E-state index contributed by atoms with van der Waals surface area (Å²) in [6.45, 7) is 5.19. The highest BCUT2D eigenvalue weighted by atomic mass is 16.5. The maximum Gasteiger partial charge on any atom is 0.338 e. The van der Waals surface area contributed by atoms with Crippen LogP contribution in [0.2, 0.25) is 0 Å². The molecule has 8 nitrogen and oxygen atoms in total. The molecule has 0 aromatic heterocycles. The zero-order valence-electron chi connectivity index (χ0n) is 18.2. The maximum absolute atomic E-state index is 12.8. The van der Waals surface area contributed by atoms with Gasteiger partial charge in [-0.25, -0.2) is 4.79 Å². The molecule has 2 aromatic rings. The molecule has 0 spiro atoms. The van der Waals surface area contributed by atoms with Crippen LogP contribution in [0.15, 0.2) is 42.5 Å². The highest BCUT2D eigenvalue weighted by Crippen LogP contribution is 2.38. The standard InChI is InChI=1S/C23H25N3O5/c1-6-31-20(28)14-7-10-16(11-8-14)24-19(27)15-9-12-17-18(13-15)26(5)22(30)23(2,3)21(29)25(17)4/h7-13H,6H2,1-5H3,(H,24,27). The number of nitrogens with one attached hydrogen (secondary N) is 1. The summed E-state index contributed by atoms with van der Waals surface area (Å²) < 4.78 is 4.94. The average Bonchev–Trinajstić information content (AvgIpc) is 2.80. The number of hydrogen-bond donors (Lipinski definition) is 1. The van der Waals surface area contributed by atoms with Crippen LogP contribution in [0.1, 0.15) is 41.5 Å². The molecule has 1 N–H and O–H groups in total. The van der Waals surface area contributed by atoms with Crippen LogP contribution in [0, 0.1) is 5.41 Å². The summed E-state index contributed by atoms with van der Waals surface area (Å²) >= 11 is 0. The van der Waals surface area contributed by atoms with Gasteiger partial charge in [0.25, 0.3) is 5.91 Å². The highest BCUT2D eigenvalue weighted by Gasteiger charge is 2.44. The smallest absolute Gasteiger partial charge is 0.338 e. The second-order valence-corrected chi connectivity index (χ2v) is 7.81. The van der Waals surface area contributed by atoms with Crippen LogP contribution in [0.5, 0.6) is 0 Å². The number of nitrogens with zero attached hydrogens (tertiary/aromatic N) is 2. The molecule has 3 amide bonds. The zero-order valence-corrected chi connectivity index (χ0v) is 18.2. The Morgan fingerprint density at radius 2 is 1.45 bits per heavy atom. The molecule has 1 heterocycles. The monoisotopic (exact) mass is 423 g/mol. The van der Waals surface area contributed by atoms with Crippen LogP contribution >= 0.6 is 0 Å². The Hall–Kier alpha value is -3.68. The van der Waals surface area contributed by atoms with Gasteiger partial charge in [0.05, 0.1) is 23.5 Å². The summed E-state index contributed by atoms with van der Waals surface area (Å²) in [6.07, 6.45) is 0. The molecule has 0 unspecified atom stereocenters. The van der Waals surface area contributed by atoms with E-state index in [1.54, 1.807) is 77.3 Å². The number of carbonyl (C=O) groups is 4. The Balaban J connectivity index is 1.86. The van der Waals surface area contributed by atoms with Crippen molar-refractivity contribution in [1.29, 1.82) is 0 Å². The third kappa shape index (κ3) is 4.01. The molecule has 0 saturated heterocycles. The van der Waals surface area contributed by atoms with Crippen molar-refractivity contribution in [3.05, 3.63) is 53.6 Å². The van der Waals surface area contributed by atoms with Gasteiger partial charge in [-0.3, -0.25) is 14.4 Å². The van der Waals surface area contributed by atoms with Crippen molar-refractivity contribution < 1.29 is 23.9 Å². The Morgan fingerprint density at radius 3 is 2.03 bits per heavy atom. The first-order valence-electron chi connectivity index (χ1n) is 9.86. The number of benzene rings is 2. The van der Waals surface area contributed by atoms with Gasteiger partial charge in [0.1, 0.15) is 5.41 Å². The lowest BCUT2D eigenvalue weighted by atomic mass is 9.90. The third-order valence-electron chi connectivity index (χ3n) is 5.29. The molecule has 8 heteroatoms. The van der Waals surface area contributed by atoms with E-state index < -0.39 is 11.4 Å². The number of ether oxygens (including phenoxy) is 1. The molecule has 0 radical (unpaired) electrons. The molecule has 0 saturated carbocycles. The fourth-order valence-corrected chi connectivity index (χ4v) is 3.47. The molecule has 0 bridgehead atoms. The van der Waals surface area contributed by atoms with Crippen LogP contribution in [0.4, 0.5) is 17.1 Å². The number of rotatable bonds is 4. The molecule has 1 aliphatic heterocycles. The minimum Gasteiger partial charge on any atom is -0.462 e. The van der Waals surface area contributed by atoms with Crippen LogP contribution in [0.3, 0.4) is 0 Å². The minimum absolute atomic E-state index is 0.282. The molecule has 2 aromatic carbocycles. The number of hydrogen-bond acceptors (Lipinski definition) is 5. The van der Waals surface area contributed by atoms with Gasteiger partial charge in [0.15, 0.2) is 0 Å². The molecule has 3 rings (SSSR count). The number of esters is 1. The average molecular weight is 423 g/mol. The topological polar surface area (TPSA) is 96.0 Å². The quantitative estimate of drug-likeness (QED) is 0.602. The number of fused-ring (bicyclic) bond motifs is 1. The van der Waals surface area contributed by atoms with Crippen molar-refractivity contribution in [2.75, 3.05) is 35.8 Å². The van der Waals surface area contributed by atoms with Gasteiger partial charge >= 0.3 is 5.97 Å². The predicted octanol–water partition coefficient (Wildman–Crippen LogP) is 3.08. The lowest BCUT2D eigenvalue weighted by Gasteiger charge is -2.25. The Labute approximate surface area is 180 Å². The van der Waals surface area contributed by atoms with Gasteiger partial charge in [-0.2, -0.15) is 0 Å². The zero-order chi connectivity index (χ0) is 22.9. The van der Waals surface area contributed by atoms with E-state index in [0.29, 0.717) is 28.2 Å². The van der Waals surface area contributed by atoms with Crippen molar-refractivity contribution in [2.45, 2.75) is 20.8 Å². The van der Waals surface area contributed by atoms with Gasteiger partial charge in [-0.1, -0.05) is 0 Å². The molecule has 0 aliphatic carbocycles. The van der Waals surface area contributed by atoms with Crippen LogP contribution in [-0.4, -0.2) is 44.4 Å². The van der Waals surface area contributed by atoms with E-state index in [1.165, 1.54) is 9.80 Å². The van der Waals surface area contributed by atoms with Gasteiger partial charge in [-0.05, 0) is 63.2 Å². The lowest BCUT2D eigenvalue weighted by Crippen LogP contribution is -2.46. The van der Waals surface area contributed by atoms with Gasteiger partial charge < -0.3 is 19.9 Å². The van der Waals surface area contributed by atoms with E-state index in [0.717, 1.165) is 0 Å². The molecule has 1 aliphatic rings. The first kappa shape index (κ1) is 22.0. The minimum atomic E-state index is -1.22. The van der Waals surface area contributed by atoms with E-state index >= 15 is 0 Å². The second-order valence-electron chi connectivity index (χ2n) is 7.81.